The molecule has 0 aromatic heterocycles. The van der Waals surface area contributed by atoms with Crippen LogP contribution in [-0.4, -0.2) is 49.3 Å². The minimum absolute atomic E-state index is 0.00761. The van der Waals surface area contributed by atoms with Crippen molar-refractivity contribution in [3.63, 3.8) is 0 Å². The van der Waals surface area contributed by atoms with Gasteiger partial charge >= 0.3 is 19.5 Å². The van der Waals surface area contributed by atoms with Gasteiger partial charge < -0.3 is 18.5 Å². The molecule has 0 heterocycles. The van der Waals surface area contributed by atoms with Gasteiger partial charge in [0.05, 0.1) is 6.61 Å². The first-order valence-electron chi connectivity index (χ1n) is 6.28. The number of ether oxygens (including phenoxy) is 2. The minimum Gasteiger partial charge on any atom is -0.465 e. The Hall–Kier alpha value is -0.300. The lowest BCUT2D eigenvalue weighted by Crippen LogP contribution is -2.16. The maximum absolute atomic E-state index is 11.7. The molecule has 0 aliphatic rings. The van der Waals surface area contributed by atoms with Crippen molar-refractivity contribution in [3.8, 4) is 0 Å². The van der Waals surface area contributed by atoms with E-state index in [1.165, 1.54) is 20.3 Å². The number of hydrogen-bond donors (Lipinski definition) is 0. The molecule has 0 amide bonds. The van der Waals surface area contributed by atoms with Crippen molar-refractivity contribution in [2.45, 2.75) is 17.1 Å². The van der Waals surface area contributed by atoms with Crippen molar-refractivity contribution in [3.05, 3.63) is 11.6 Å². The zero-order valence-corrected chi connectivity index (χ0v) is 16.0. The van der Waals surface area contributed by atoms with Crippen LogP contribution in [0.4, 0.5) is 0 Å². The van der Waals surface area contributed by atoms with Crippen molar-refractivity contribution in [1.29, 1.82) is 0 Å². The van der Waals surface area contributed by atoms with E-state index in [0.717, 1.165) is 0 Å². The van der Waals surface area contributed by atoms with E-state index < -0.39 is 29.5 Å². The number of carbonyl (C=O) groups is 2. The smallest absolute Gasteiger partial charge is 0.341 e. The summed E-state index contributed by atoms with van der Waals surface area (Å²) in [7, 11) is -1.10. The Bertz CT molecular complexity index is 480. The third-order valence-corrected chi connectivity index (χ3v) is 4.47. The van der Waals surface area contributed by atoms with Crippen LogP contribution in [0.2, 0.25) is 0 Å². The number of hydrogen-bond acceptors (Lipinski definition) is 7. The van der Waals surface area contributed by atoms with Gasteiger partial charge in [-0.1, -0.05) is 40.4 Å². The van der Waals surface area contributed by atoms with Crippen molar-refractivity contribution in [2.24, 2.45) is 0 Å². The van der Waals surface area contributed by atoms with E-state index in [1.807, 2.05) is 0 Å². The van der Waals surface area contributed by atoms with E-state index in [1.54, 1.807) is 6.92 Å². The molecule has 0 aliphatic heterocycles. The molecule has 11 heteroatoms. The van der Waals surface area contributed by atoms with Crippen LogP contribution >= 0.6 is 42.4 Å². The van der Waals surface area contributed by atoms with Crippen molar-refractivity contribution in [2.75, 3.05) is 33.6 Å². The van der Waals surface area contributed by atoms with Gasteiger partial charge in [0.2, 0.25) is 3.79 Å². The first kappa shape index (κ1) is 22.7. The van der Waals surface area contributed by atoms with E-state index in [0.29, 0.717) is 5.57 Å². The Labute approximate surface area is 149 Å². The predicted octanol–water partition coefficient (Wildman–Crippen LogP) is 3.27. The molecule has 23 heavy (non-hydrogen) atoms. The van der Waals surface area contributed by atoms with E-state index >= 15 is 0 Å². The fourth-order valence-electron chi connectivity index (χ4n) is 1.20. The largest absolute Gasteiger partial charge is 0.465 e. The third kappa shape index (κ3) is 11.8. The average Bonchev–Trinajstić information content (AvgIpc) is 2.44. The molecule has 0 rings (SSSR count). The molecule has 0 bridgehead atoms. The van der Waals surface area contributed by atoms with Gasteiger partial charge in [0.1, 0.15) is 12.8 Å². The summed E-state index contributed by atoms with van der Waals surface area (Å²) in [4.78, 5) is 22.9. The summed E-state index contributed by atoms with van der Waals surface area (Å²) in [6, 6.07) is 0. The highest BCUT2D eigenvalue weighted by Gasteiger charge is 2.26. The molecule has 0 aliphatic carbocycles. The SMILES string of the molecule is COP(=O)(CC(=O)OCC/C(C)=C/C(=O)OCC(Cl)(Cl)Cl)OC. The van der Waals surface area contributed by atoms with Gasteiger partial charge in [-0.05, 0) is 6.92 Å². The summed E-state index contributed by atoms with van der Waals surface area (Å²) in [6.45, 7) is 1.25. The Morgan fingerprint density at radius 1 is 1.13 bits per heavy atom. The molecule has 0 radical (unpaired) electrons. The lowest BCUT2D eigenvalue weighted by molar-refractivity contribution is -0.140. The summed E-state index contributed by atoms with van der Waals surface area (Å²) in [5.41, 5.74) is 0.591. The first-order valence-corrected chi connectivity index (χ1v) is 9.14. The summed E-state index contributed by atoms with van der Waals surface area (Å²) in [6.07, 6.45) is 0.979. The van der Waals surface area contributed by atoms with Crippen LogP contribution in [0.5, 0.6) is 0 Å². The van der Waals surface area contributed by atoms with Crippen molar-refractivity contribution in [1.82, 2.24) is 0 Å². The zero-order chi connectivity index (χ0) is 18.1. The van der Waals surface area contributed by atoms with Crippen LogP contribution in [0.1, 0.15) is 13.3 Å². The molecule has 0 spiro atoms. The van der Waals surface area contributed by atoms with E-state index in [2.05, 4.69) is 9.05 Å². The average molecular weight is 412 g/mol. The van der Waals surface area contributed by atoms with Crippen molar-refractivity contribution >= 4 is 54.3 Å². The highest BCUT2D eigenvalue weighted by molar-refractivity contribution is 7.54. The standard InChI is InChI=1S/C12H18Cl3O7P/c1-9(6-10(16)22-8-12(13,14)15)4-5-21-11(17)7-23(18,19-2)20-3/h6H,4-5,7-8H2,1-3H3/b9-6+. The Morgan fingerprint density at radius 3 is 2.17 bits per heavy atom. The van der Waals surface area contributed by atoms with Gasteiger partial charge in [-0.15, -0.1) is 0 Å². The molecular formula is C12H18Cl3O7P. The fraction of sp³-hybridized carbons (Fsp3) is 0.667. The fourth-order valence-corrected chi connectivity index (χ4v) is 2.18. The molecular weight excluding hydrogens is 393 g/mol. The highest BCUT2D eigenvalue weighted by Crippen LogP contribution is 2.45. The number of halogens is 3. The molecule has 0 N–H and O–H groups in total. The third-order valence-electron chi connectivity index (χ3n) is 2.38. The van der Waals surface area contributed by atoms with Gasteiger partial charge in [-0.3, -0.25) is 9.36 Å². The van der Waals surface area contributed by atoms with Crippen LogP contribution in [0, 0.1) is 0 Å². The van der Waals surface area contributed by atoms with E-state index in [-0.39, 0.29) is 19.6 Å². The second kappa shape index (κ2) is 10.5. The van der Waals surface area contributed by atoms with Crippen LogP contribution in [0.25, 0.3) is 0 Å². The second-order valence-corrected chi connectivity index (χ2v) is 9.10. The van der Waals surface area contributed by atoms with Crippen LogP contribution in [0.15, 0.2) is 11.6 Å². The molecule has 0 atom stereocenters. The first-order chi connectivity index (χ1) is 10.5. The molecule has 0 aromatic rings. The summed E-state index contributed by atoms with van der Waals surface area (Å²) in [5.74, 6) is -1.41. The molecule has 0 unspecified atom stereocenters. The topological polar surface area (TPSA) is 88.1 Å². The van der Waals surface area contributed by atoms with Gasteiger partial charge in [0.15, 0.2) is 0 Å². The van der Waals surface area contributed by atoms with Gasteiger partial charge in [-0.25, -0.2) is 4.79 Å². The van der Waals surface area contributed by atoms with Crippen molar-refractivity contribution < 1.29 is 32.7 Å². The molecule has 0 fully saturated rings. The maximum Gasteiger partial charge on any atom is 0.341 e. The van der Waals surface area contributed by atoms with Crippen LogP contribution < -0.4 is 0 Å². The molecule has 0 aromatic carbocycles. The quantitative estimate of drug-likeness (QED) is 0.249. The van der Waals surface area contributed by atoms with E-state index in [4.69, 9.17) is 44.3 Å². The Balaban J connectivity index is 4.17. The predicted molar refractivity (Wildman–Crippen MR) is 87.1 cm³/mol. The number of carbonyl (C=O) groups excluding carboxylic acids is 2. The Kier molecular flexibility index (Phi) is 10.4. The zero-order valence-electron chi connectivity index (χ0n) is 12.8. The summed E-state index contributed by atoms with van der Waals surface area (Å²) >= 11 is 16.3. The van der Waals surface area contributed by atoms with E-state index in [9.17, 15) is 14.2 Å². The molecule has 0 saturated heterocycles. The van der Waals surface area contributed by atoms with Crippen LogP contribution in [0.3, 0.4) is 0 Å². The van der Waals surface area contributed by atoms with Crippen LogP contribution in [-0.2, 0) is 32.7 Å². The highest BCUT2D eigenvalue weighted by atomic mass is 35.6. The Morgan fingerprint density at radius 2 is 1.70 bits per heavy atom. The minimum atomic E-state index is -3.45. The second-order valence-electron chi connectivity index (χ2n) is 4.32. The number of alkyl halides is 3. The van der Waals surface area contributed by atoms with Gasteiger partial charge in [-0.2, -0.15) is 0 Å². The lowest BCUT2D eigenvalue weighted by atomic mass is 10.2. The maximum atomic E-state index is 11.7. The van der Waals surface area contributed by atoms with Gasteiger partial charge in [0, 0.05) is 26.7 Å². The van der Waals surface area contributed by atoms with Gasteiger partial charge in [0.25, 0.3) is 0 Å². The molecule has 0 saturated carbocycles. The normalized spacial score (nSPS) is 12.9. The number of esters is 2. The summed E-state index contributed by atoms with van der Waals surface area (Å²) < 4.78 is 28.9. The lowest BCUT2D eigenvalue weighted by Gasteiger charge is -2.12. The number of rotatable bonds is 9. The summed E-state index contributed by atoms with van der Waals surface area (Å²) in [5, 5.41) is 0. The molecule has 134 valence electrons. The monoisotopic (exact) mass is 410 g/mol. The molecule has 7 nitrogen and oxygen atoms in total.